The minimum atomic E-state index is -0.396. The minimum Gasteiger partial charge on any atom is -0.354 e. The Hall–Kier alpha value is -1.83. The molecule has 2 aliphatic rings. The SMILES string of the molecule is O=C1NCCCC[C@H]1NC(=O)N1CCN(c2nccs2)CC1. The maximum atomic E-state index is 12.3. The van der Waals surface area contributed by atoms with E-state index in [0.29, 0.717) is 19.6 Å². The maximum Gasteiger partial charge on any atom is 0.318 e. The van der Waals surface area contributed by atoms with Crippen LogP contribution in [0, 0.1) is 0 Å². The van der Waals surface area contributed by atoms with Crippen molar-refractivity contribution in [3.63, 3.8) is 0 Å². The van der Waals surface area contributed by atoms with Crippen LogP contribution in [0.25, 0.3) is 0 Å². The number of anilines is 1. The van der Waals surface area contributed by atoms with Crippen molar-refractivity contribution >= 4 is 28.4 Å². The molecule has 1 aromatic rings. The summed E-state index contributed by atoms with van der Waals surface area (Å²) in [6.07, 6.45) is 4.45. The normalized spacial score (nSPS) is 22.9. The molecule has 2 N–H and O–H groups in total. The van der Waals surface area contributed by atoms with Gasteiger partial charge >= 0.3 is 6.03 Å². The molecule has 1 atom stereocenters. The van der Waals surface area contributed by atoms with Crippen molar-refractivity contribution in [2.75, 3.05) is 37.6 Å². The average Bonchev–Trinajstić information content (AvgIpc) is 3.00. The minimum absolute atomic E-state index is 0.0627. The maximum absolute atomic E-state index is 12.3. The summed E-state index contributed by atoms with van der Waals surface area (Å²) < 4.78 is 0. The summed E-state index contributed by atoms with van der Waals surface area (Å²) in [6, 6.07) is -0.534. The van der Waals surface area contributed by atoms with Crippen LogP contribution in [0.2, 0.25) is 0 Å². The molecule has 0 saturated carbocycles. The number of piperazine rings is 1. The molecule has 2 fully saturated rings. The summed E-state index contributed by atoms with van der Waals surface area (Å²) in [4.78, 5) is 32.5. The first-order chi connectivity index (χ1) is 10.7. The molecule has 7 nitrogen and oxygen atoms in total. The highest BCUT2D eigenvalue weighted by Crippen LogP contribution is 2.19. The van der Waals surface area contributed by atoms with E-state index in [1.807, 2.05) is 5.38 Å². The zero-order valence-corrected chi connectivity index (χ0v) is 13.3. The van der Waals surface area contributed by atoms with E-state index in [-0.39, 0.29) is 11.9 Å². The Morgan fingerprint density at radius 1 is 1.32 bits per heavy atom. The van der Waals surface area contributed by atoms with Crippen LogP contribution in [-0.4, -0.2) is 60.6 Å². The van der Waals surface area contributed by atoms with Crippen LogP contribution >= 0.6 is 11.3 Å². The van der Waals surface area contributed by atoms with Crippen LogP contribution in [0.3, 0.4) is 0 Å². The Morgan fingerprint density at radius 3 is 2.86 bits per heavy atom. The van der Waals surface area contributed by atoms with Gasteiger partial charge in [-0.15, -0.1) is 11.3 Å². The lowest BCUT2D eigenvalue weighted by Crippen LogP contribution is -2.55. The highest BCUT2D eigenvalue weighted by atomic mass is 32.1. The van der Waals surface area contributed by atoms with Crippen molar-refractivity contribution in [1.29, 1.82) is 0 Å². The predicted octanol–water partition coefficient (Wildman–Crippen LogP) is 0.643. The molecule has 0 bridgehead atoms. The summed E-state index contributed by atoms with van der Waals surface area (Å²) in [7, 11) is 0. The van der Waals surface area contributed by atoms with E-state index < -0.39 is 6.04 Å². The molecule has 120 valence electrons. The second kappa shape index (κ2) is 6.95. The molecule has 3 rings (SSSR count). The Morgan fingerprint density at radius 2 is 2.14 bits per heavy atom. The molecule has 2 saturated heterocycles. The number of carbonyl (C=O) groups is 2. The van der Waals surface area contributed by atoms with Crippen molar-refractivity contribution in [3.8, 4) is 0 Å². The van der Waals surface area contributed by atoms with Gasteiger partial charge in [0.1, 0.15) is 6.04 Å². The molecule has 2 aliphatic heterocycles. The van der Waals surface area contributed by atoms with Gasteiger partial charge in [0.25, 0.3) is 0 Å². The summed E-state index contributed by atoms with van der Waals surface area (Å²) in [5, 5.41) is 8.67. The first-order valence-electron chi connectivity index (χ1n) is 7.71. The van der Waals surface area contributed by atoms with Gasteiger partial charge in [0.2, 0.25) is 5.91 Å². The van der Waals surface area contributed by atoms with Gasteiger partial charge in [-0.3, -0.25) is 4.79 Å². The highest BCUT2D eigenvalue weighted by molar-refractivity contribution is 7.13. The average molecular weight is 323 g/mol. The molecule has 0 radical (unpaired) electrons. The number of carbonyl (C=O) groups excluding carboxylic acids is 2. The number of rotatable bonds is 2. The third kappa shape index (κ3) is 3.49. The Kier molecular flexibility index (Phi) is 4.77. The van der Waals surface area contributed by atoms with Crippen molar-refractivity contribution in [3.05, 3.63) is 11.6 Å². The number of urea groups is 1. The van der Waals surface area contributed by atoms with Crippen LogP contribution in [0.15, 0.2) is 11.6 Å². The lowest BCUT2D eigenvalue weighted by atomic mass is 10.1. The smallest absolute Gasteiger partial charge is 0.318 e. The number of hydrogen-bond donors (Lipinski definition) is 2. The van der Waals surface area contributed by atoms with Crippen molar-refractivity contribution < 1.29 is 9.59 Å². The van der Waals surface area contributed by atoms with Crippen LogP contribution in [0.4, 0.5) is 9.93 Å². The van der Waals surface area contributed by atoms with Gasteiger partial charge in [-0.05, 0) is 19.3 Å². The van der Waals surface area contributed by atoms with Crippen LogP contribution in [0.1, 0.15) is 19.3 Å². The van der Waals surface area contributed by atoms with Crippen molar-refractivity contribution in [1.82, 2.24) is 20.5 Å². The zero-order valence-electron chi connectivity index (χ0n) is 12.5. The standard InChI is InChI=1S/C14H21N5O2S/c20-12-11(3-1-2-4-15-12)17-13(21)18-6-8-19(9-7-18)14-16-5-10-22-14/h5,10-11H,1-4,6-9H2,(H,15,20)(H,17,21)/t11-/m1/s1. The fourth-order valence-electron chi connectivity index (χ4n) is 2.79. The van der Waals surface area contributed by atoms with Gasteiger partial charge in [-0.1, -0.05) is 0 Å². The molecule has 0 aromatic carbocycles. The molecule has 22 heavy (non-hydrogen) atoms. The summed E-state index contributed by atoms with van der Waals surface area (Å²) in [6.45, 7) is 3.56. The lowest BCUT2D eigenvalue weighted by molar-refractivity contribution is -0.122. The largest absolute Gasteiger partial charge is 0.354 e. The van der Waals surface area contributed by atoms with E-state index in [0.717, 1.165) is 37.5 Å². The molecule has 0 aliphatic carbocycles. The first kappa shape index (κ1) is 15.1. The molecule has 3 heterocycles. The fraction of sp³-hybridized carbons (Fsp3) is 0.643. The number of amides is 3. The van der Waals surface area contributed by atoms with Crippen LogP contribution in [0.5, 0.6) is 0 Å². The van der Waals surface area contributed by atoms with E-state index in [9.17, 15) is 9.59 Å². The number of hydrogen-bond acceptors (Lipinski definition) is 5. The van der Waals surface area contributed by atoms with Gasteiger partial charge in [-0.2, -0.15) is 0 Å². The molecule has 0 unspecified atom stereocenters. The number of aromatic nitrogens is 1. The molecular formula is C14H21N5O2S. The quantitative estimate of drug-likeness (QED) is 0.837. The van der Waals surface area contributed by atoms with Gasteiger partial charge in [0.05, 0.1) is 0 Å². The summed E-state index contributed by atoms with van der Waals surface area (Å²) in [5.74, 6) is -0.0627. The topological polar surface area (TPSA) is 77.6 Å². The van der Waals surface area contributed by atoms with E-state index in [1.165, 1.54) is 0 Å². The fourth-order valence-corrected chi connectivity index (χ4v) is 3.49. The second-order valence-electron chi connectivity index (χ2n) is 5.58. The van der Waals surface area contributed by atoms with Crippen LogP contribution in [-0.2, 0) is 4.79 Å². The number of thiazole rings is 1. The van der Waals surface area contributed by atoms with Gasteiger partial charge < -0.3 is 20.4 Å². The van der Waals surface area contributed by atoms with E-state index >= 15 is 0 Å². The Balaban J connectivity index is 1.50. The van der Waals surface area contributed by atoms with Gasteiger partial charge in [0, 0.05) is 44.3 Å². The van der Waals surface area contributed by atoms with Gasteiger partial charge in [0.15, 0.2) is 5.13 Å². The number of nitrogens with zero attached hydrogens (tertiary/aromatic N) is 3. The van der Waals surface area contributed by atoms with Gasteiger partial charge in [-0.25, -0.2) is 9.78 Å². The molecule has 3 amide bonds. The first-order valence-corrected chi connectivity index (χ1v) is 8.59. The Bertz CT molecular complexity index is 513. The van der Waals surface area contributed by atoms with E-state index in [4.69, 9.17) is 0 Å². The van der Waals surface area contributed by atoms with E-state index in [2.05, 4.69) is 20.5 Å². The predicted molar refractivity (Wildman–Crippen MR) is 85.1 cm³/mol. The Labute approximate surface area is 133 Å². The highest BCUT2D eigenvalue weighted by Gasteiger charge is 2.27. The summed E-state index contributed by atoms with van der Waals surface area (Å²) in [5.41, 5.74) is 0. The zero-order chi connectivity index (χ0) is 15.4. The molecular weight excluding hydrogens is 302 g/mol. The lowest BCUT2D eigenvalue weighted by Gasteiger charge is -2.35. The van der Waals surface area contributed by atoms with Crippen molar-refractivity contribution in [2.45, 2.75) is 25.3 Å². The third-order valence-corrected chi connectivity index (χ3v) is 4.92. The second-order valence-corrected chi connectivity index (χ2v) is 6.45. The van der Waals surface area contributed by atoms with Crippen LogP contribution < -0.4 is 15.5 Å². The molecule has 0 spiro atoms. The molecule has 8 heteroatoms. The number of nitrogens with one attached hydrogen (secondary N) is 2. The van der Waals surface area contributed by atoms with E-state index in [1.54, 1.807) is 22.4 Å². The molecule has 1 aromatic heterocycles. The van der Waals surface area contributed by atoms with Crippen molar-refractivity contribution in [2.24, 2.45) is 0 Å². The third-order valence-electron chi connectivity index (χ3n) is 4.09. The monoisotopic (exact) mass is 323 g/mol. The summed E-state index contributed by atoms with van der Waals surface area (Å²) >= 11 is 1.61.